The maximum atomic E-state index is 13.4. The Kier molecular flexibility index (Phi) is 6.69. The fourth-order valence-electron chi connectivity index (χ4n) is 2.12. The third-order valence-corrected chi connectivity index (χ3v) is 4.07. The van der Waals surface area contributed by atoms with E-state index < -0.39 is 27.6 Å². The van der Waals surface area contributed by atoms with Gasteiger partial charge in [-0.2, -0.15) is 13.2 Å². The van der Waals surface area contributed by atoms with Crippen molar-refractivity contribution in [3.63, 3.8) is 0 Å². The standard InChI is InChI=1S/C14H15F4N5O4S/c1-28(25,26)19-6-2-3-11-12(23-27-22-11)13(21-24)20-8-4-5-10(15)9(7-8)14(16,17)18/h4-5,7,19,24H,2-3,6H2,1H3,(H,20,21). The van der Waals surface area contributed by atoms with E-state index in [1.54, 1.807) is 5.48 Å². The zero-order valence-electron chi connectivity index (χ0n) is 14.3. The van der Waals surface area contributed by atoms with E-state index in [-0.39, 0.29) is 35.9 Å². The molecule has 0 fully saturated rings. The number of nitrogens with zero attached hydrogens (tertiary/aromatic N) is 3. The van der Waals surface area contributed by atoms with Gasteiger partial charge in [0.05, 0.1) is 17.5 Å². The number of aromatic nitrogens is 2. The number of aliphatic imine (C=N–C) groups is 1. The average Bonchev–Trinajstić information content (AvgIpc) is 3.04. The van der Waals surface area contributed by atoms with Crippen molar-refractivity contribution >= 4 is 21.5 Å². The predicted octanol–water partition coefficient (Wildman–Crippen LogP) is 1.77. The molecular weight excluding hydrogens is 410 g/mol. The molecule has 1 aromatic carbocycles. The number of hydrogen-bond donors (Lipinski definition) is 3. The minimum atomic E-state index is -4.92. The van der Waals surface area contributed by atoms with Gasteiger partial charge in [0.1, 0.15) is 11.5 Å². The number of rotatable bonds is 7. The van der Waals surface area contributed by atoms with Crippen molar-refractivity contribution in [1.82, 2.24) is 20.5 Å². The monoisotopic (exact) mass is 425 g/mol. The third-order valence-electron chi connectivity index (χ3n) is 3.34. The van der Waals surface area contributed by atoms with E-state index in [1.165, 1.54) is 0 Å². The Morgan fingerprint density at radius 2 is 2.04 bits per heavy atom. The highest BCUT2D eigenvalue weighted by molar-refractivity contribution is 7.88. The Hall–Kier alpha value is -2.58. The first-order valence-electron chi connectivity index (χ1n) is 7.63. The van der Waals surface area contributed by atoms with Crippen LogP contribution in [-0.2, 0) is 22.6 Å². The zero-order chi connectivity index (χ0) is 20.9. The van der Waals surface area contributed by atoms with Crippen LogP contribution in [-0.4, -0.2) is 42.6 Å². The number of amidine groups is 1. The average molecular weight is 425 g/mol. The molecule has 0 bridgehead atoms. The second-order valence-corrected chi connectivity index (χ2v) is 7.40. The number of aryl methyl sites for hydroxylation is 1. The molecule has 0 atom stereocenters. The first kappa shape index (κ1) is 21.7. The molecule has 2 rings (SSSR count). The summed E-state index contributed by atoms with van der Waals surface area (Å²) in [5.74, 6) is -1.85. The van der Waals surface area contributed by atoms with Crippen molar-refractivity contribution in [1.29, 1.82) is 0 Å². The number of hydrogen-bond acceptors (Lipinski definition) is 7. The fourth-order valence-corrected chi connectivity index (χ4v) is 2.64. The second kappa shape index (κ2) is 8.62. The Labute approximate surface area is 156 Å². The maximum absolute atomic E-state index is 13.4. The van der Waals surface area contributed by atoms with Gasteiger partial charge in [-0.25, -0.2) is 27.2 Å². The van der Waals surface area contributed by atoms with E-state index in [0.717, 1.165) is 12.3 Å². The molecule has 14 heteroatoms. The van der Waals surface area contributed by atoms with E-state index in [1.807, 2.05) is 0 Å². The first-order valence-corrected chi connectivity index (χ1v) is 9.52. The largest absolute Gasteiger partial charge is 0.419 e. The molecule has 0 aliphatic carbocycles. The first-order chi connectivity index (χ1) is 13.0. The van der Waals surface area contributed by atoms with Crippen molar-refractivity contribution in [2.24, 2.45) is 4.99 Å². The molecule has 1 aromatic heterocycles. The summed E-state index contributed by atoms with van der Waals surface area (Å²) in [5.41, 5.74) is -0.0655. The highest BCUT2D eigenvalue weighted by atomic mass is 32.2. The van der Waals surface area contributed by atoms with Crippen molar-refractivity contribution < 1.29 is 35.8 Å². The van der Waals surface area contributed by atoms with Gasteiger partial charge in [-0.1, -0.05) is 5.16 Å². The van der Waals surface area contributed by atoms with Gasteiger partial charge in [-0.05, 0) is 36.2 Å². The molecular formula is C14H15F4N5O4S. The summed E-state index contributed by atoms with van der Waals surface area (Å²) in [6, 6.07) is 2.04. The number of nitrogens with one attached hydrogen (secondary N) is 2. The summed E-state index contributed by atoms with van der Waals surface area (Å²) in [7, 11) is -3.36. The quantitative estimate of drug-likeness (QED) is 0.203. The fraction of sp³-hybridized carbons (Fsp3) is 0.357. The van der Waals surface area contributed by atoms with Gasteiger partial charge < -0.3 is 0 Å². The van der Waals surface area contributed by atoms with Crippen molar-refractivity contribution in [2.45, 2.75) is 19.0 Å². The molecule has 154 valence electrons. The lowest BCUT2D eigenvalue weighted by atomic mass is 10.1. The highest BCUT2D eigenvalue weighted by Gasteiger charge is 2.34. The summed E-state index contributed by atoms with van der Waals surface area (Å²) in [5, 5.41) is 16.4. The Balaban J connectivity index is 2.24. The van der Waals surface area contributed by atoms with Crippen molar-refractivity contribution in [2.75, 3.05) is 12.8 Å². The number of benzene rings is 1. The van der Waals surface area contributed by atoms with Crippen LogP contribution in [0.4, 0.5) is 23.2 Å². The maximum Gasteiger partial charge on any atom is 0.419 e. The van der Waals surface area contributed by atoms with E-state index in [4.69, 9.17) is 0 Å². The van der Waals surface area contributed by atoms with Crippen molar-refractivity contribution in [3.8, 4) is 0 Å². The number of hydroxylamine groups is 1. The lowest BCUT2D eigenvalue weighted by Gasteiger charge is -2.09. The van der Waals surface area contributed by atoms with Gasteiger partial charge in [-0.3, -0.25) is 10.7 Å². The number of halogens is 4. The highest BCUT2D eigenvalue weighted by Crippen LogP contribution is 2.33. The minimum Gasteiger partial charge on any atom is -0.290 e. The van der Waals surface area contributed by atoms with Gasteiger partial charge in [-0.15, -0.1) is 0 Å². The van der Waals surface area contributed by atoms with E-state index in [2.05, 4.69) is 24.7 Å². The van der Waals surface area contributed by atoms with Crippen molar-refractivity contribution in [3.05, 3.63) is 41.0 Å². The van der Waals surface area contributed by atoms with Crippen LogP contribution in [0, 0.1) is 5.82 Å². The Morgan fingerprint density at radius 1 is 1.32 bits per heavy atom. The summed E-state index contributed by atoms with van der Waals surface area (Å²) < 4.78 is 80.6. The third kappa shape index (κ3) is 5.97. The predicted molar refractivity (Wildman–Crippen MR) is 88.0 cm³/mol. The molecule has 0 radical (unpaired) electrons. The lowest BCUT2D eigenvalue weighted by molar-refractivity contribution is -0.139. The molecule has 0 aliphatic heterocycles. The van der Waals surface area contributed by atoms with Crippen LogP contribution in [0.15, 0.2) is 27.8 Å². The number of sulfonamides is 1. The molecule has 0 aliphatic rings. The zero-order valence-corrected chi connectivity index (χ0v) is 15.1. The second-order valence-electron chi connectivity index (χ2n) is 5.56. The Morgan fingerprint density at radius 3 is 2.64 bits per heavy atom. The SMILES string of the molecule is CS(=O)(=O)NCCCc1nonc1C(=Nc1ccc(F)c(C(F)(F)F)c1)NO. The minimum absolute atomic E-state index is 0.0943. The van der Waals surface area contributed by atoms with Crippen LogP contribution in [0.5, 0.6) is 0 Å². The Bertz CT molecular complexity index is 959. The van der Waals surface area contributed by atoms with E-state index in [0.29, 0.717) is 18.6 Å². The number of alkyl halides is 3. The topological polar surface area (TPSA) is 130 Å². The van der Waals surface area contributed by atoms with Gasteiger partial charge >= 0.3 is 6.18 Å². The summed E-state index contributed by atoms with van der Waals surface area (Å²) in [6.45, 7) is 0.0943. The van der Waals surface area contributed by atoms with Gasteiger partial charge in [0.25, 0.3) is 0 Å². The van der Waals surface area contributed by atoms with Gasteiger partial charge in [0.15, 0.2) is 11.5 Å². The van der Waals surface area contributed by atoms with Crippen LogP contribution in [0.1, 0.15) is 23.4 Å². The van der Waals surface area contributed by atoms with Crippen LogP contribution in [0.2, 0.25) is 0 Å². The normalized spacial score (nSPS) is 13.0. The van der Waals surface area contributed by atoms with Gasteiger partial charge in [0, 0.05) is 6.54 Å². The van der Waals surface area contributed by atoms with Crippen LogP contribution >= 0.6 is 0 Å². The molecule has 0 spiro atoms. The lowest BCUT2D eigenvalue weighted by Crippen LogP contribution is -2.24. The summed E-state index contributed by atoms with van der Waals surface area (Å²) in [6.07, 6.45) is -3.47. The van der Waals surface area contributed by atoms with Crippen LogP contribution < -0.4 is 10.2 Å². The molecule has 1 heterocycles. The summed E-state index contributed by atoms with van der Waals surface area (Å²) in [4.78, 5) is 3.78. The molecule has 9 nitrogen and oxygen atoms in total. The van der Waals surface area contributed by atoms with E-state index in [9.17, 15) is 31.2 Å². The molecule has 0 saturated carbocycles. The van der Waals surface area contributed by atoms with Crippen LogP contribution in [0.25, 0.3) is 0 Å². The molecule has 2 aromatic rings. The molecule has 0 amide bonds. The van der Waals surface area contributed by atoms with E-state index >= 15 is 0 Å². The van der Waals surface area contributed by atoms with Gasteiger partial charge in [0.2, 0.25) is 10.0 Å². The molecule has 0 unspecified atom stereocenters. The van der Waals surface area contributed by atoms with Crippen LogP contribution in [0.3, 0.4) is 0 Å². The smallest absolute Gasteiger partial charge is 0.290 e. The molecule has 0 saturated heterocycles. The summed E-state index contributed by atoms with van der Waals surface area (Å²) >= 11 is 0. The molecule has 3 N–H and O–H groups in total. The molecule has 28 heavy (non-hydrogen) atoms.